The van der Waals surface area contributed by atoms with Crippen LogP contribution in [-0.4, -0.2) is 30.0 Å². The molecule has 2 aromatic carbocycles. The molecular weight excluding hydrogens is 323 g/mol. The van der Waals surface area contributed by atoms with Crippen molar-refractivity contribution in [3.8, 4) is 0 Å². The molecule has 0 radical (unpaired) electrons. The van der Waals surface area contributed by atoms with Gasteiger partial charge in [-0.1, -0.05) is 37.3 Å². The van der Waals surface area contributed by atoms with Gasteiger partial charge >= 0.3 is 11.8 Å². The Hall–Kier alpha value is -2.73. The number of hydrogen-bond donors (Lipinski definition) is 2. The van der Waals surface area contributed by atoms with Crippen molar-refractivity contribution in [2.45, 2.75) is 18.9 Å². The Morgan fingerprint density at radius 3 is 2.64 bits per heavy atom. The predicted molar refractivity (Wildman–Crippen MR) is 91.6 cm³/mol. The smallest absolute Gasteiger partial charge is 0.316 e. The summed E-state index contributed by atoms with van der Waals surface area (Å²) >= 11 is 0. The highest BCUT2D eigenvalue weighted by atomic mass is 19.1. The lowest BCUT2D eigenvalue weighted by Gasteiger charge is -2.18. The Kier molecular flexibility index (Phi) is 4.81. The third-order valence-electron chi connectivity index (χ3n) is 4.37. The van der Waals surface area contributed by atoms with Gasteiger partial charge in [0.05, 0.1) is 6.10 Å². The van der Waals surface area contributed by atoms with Crippen molar-refractivity contribution in [3.63, 3.8) is 0 Å². The molecule has 2 N–H and O–H groups in total. The van der Waals surface area contributed by atoms with Crippen LogP contribution in [-0.2, 0) is 9.59 Å². The number of hydrogen-bond acceptors (Lipinski definition) is 3. The first-order valence-corrected chi connectivity index (χ1v) is 8.09. The third-order valence-corrected chi connectivity index (χ3v) is 4.37. The first kappa shape index (κ1) is 17.1. The van der Waals surface area contributed by atoms with Crippen LogP contribution in [0.15, 0.2) is 48.5 Å². The number of carbonyl (C=O) groups is 2. The van der Waals surface area contributed by atoms with E-state index in [1.165, 1.54) is 29.2 Å². The summed E-state index contributed by atoms with van der Waals surface area (Å²) in [5.74, 6) is -1.66. The molecule has 0 aromatic heterocycles. The molecule has 5 nitrogen and oxygen atoms in total. The minimum atomic E-state index is -1.01. The normalized spacial score (nSPS) is 17.1. The summed E-state index contributed by atoms with van der Waals surface area (Å²) in [6.45, 7) is 2.33. The van der Waals surface area contributed by atoms with E-state index < -0.39 is 23.7 Å². The lowest BCUT2D eigenvalue weighted by atomic mass is 10.0. The number of aliphatic hydroxyl groups is 1. The zero-order chi connectivity index (χ0) is 18.0. The van der Waals surface area contributed by atoms with E-state index in [4.69, 9.17) is 0 Å². The highest BCUT2D eigenvalue weighted by Gasteiger charge is 2.32. The molecule has 0 spiro atoms. The molecule has 2 aromatic rings. The summed E-state index contributed by atoms with van der Waals surface area (Å²) in [4.78, 5) is 26.1. The first-order chi connectivity index (χ1) is 12.0. The van der Waals surface area contributed by atoms with Gasteiger partial charge in [0.1, 0.15) is 5.82 Å². The number of aliphatic hydroxyl groups excluding tert-OH is 1. The Labute approximate surface area is 145 Å². The molecule has 2 unspecified atom stereocenters. The van der Waals surface area contributed by atoms with Crippen LogP contribution in [0.5, 0.6) is 0 Å². The summed E-state index contributed by atoms with van der Waals surface area (Å²) in [7, 11) is 0. The second kappa shape index (κ2) is 7.03. The Balaban J connectivity index is 1.62. The highest BCUT2D eigenvalue weighted by molar-refractivity contribution is 6.40. The summed E-state index contributed by atoms with van der Waals surface area (Å²) < 4.78 is 12.9. The quantitative estimate of drug-likeness (QED) is 0.840. The Morgan fingerprint density at radius 2 is 1.92 bits per heavy atom. The standard InChI is InChI=1S/C19H19FN2O3/c1-12-11-22(16-5-3-2-4-15(12)16)19(25)18(24)21-10-17(23)13-6-8-14(20)9-7-13/h2-9,12,17,23H,10-11H2,1H3,(H,21,24). The number of anilines is 1. The van der Waals surface area contributed by atoms with Gasteiger partial charge in [-0.2, -0.15) is 0 Å². The summed E-state index contributed by atoms with van der Waals surface area (Å²) in [5.41, 5.74) is 2.25. The molecule has 6 heteroatoms. The monoisotopic (exact) mass is 342 g/mol. The zero-order valence-electron chi connectivity index (χ0n) is 13.8. The number of nitrogens with zero attached hydrogens (tertiary/aromatic N) is 1. The number of amides is 2. The topological polar surface area (TPSA) is 69.6 Å². The molecule has 2 amide bonds. The van der Waals surface area contributed by atoms with Crippen molar-refractivity contribution in [2.24, 2.45) is 0 Å². The highest BCUT2D eigenvalue weighted by Crippen LogP contribution is 2.35. The number of benzene rings is 2. The van der Waals surface area contributed by atoms with E-state index in [0.29, 0.717) is 12.1 Å². The molecular formula is C19H19FN2O3. The molecule has 0 saturated carbocycles. The average molecular weight is 342 g/mol. The van der Waals surface area contributed by atoms with E-state index in [2.05, 4.69) is 5.32 Å². The maximum atomic E-state index is 12.9. The van der Waals surface area contributed by atoms with E-state index >= 15 is 0 Å². The fourth-order valence-corrected chi connectivity index (χ4v) is 3.00. The number of carbonyl (C=O) groups excluding carboxylic acids is 2. The van der Waals surface area contributed by atoms with Crippen LogP contribution in [0, 0.1) is 5.82 Å². The average Bonchev–Trinajstić information content (AvgIpc) is 2.96. The van der Waals surface area contributed by atoms with Gasteiger partial charge in [-0.3, -0.25) is 9.59 Å². The maximum absolute atomic E-state index is 12.9. The van der Waals surface area contributed by atoms with Crippen LogP contribution in [0.3, 0.4) is 0 Å². The van der Waals surface area contributed by atoms with Crippen LogP contribution in [0.2, 0.25) is 0 Å². The van der Waals surface area contributed by atoms with Gasteiger partial charge in [0.15, 0.2) is 0 Å². The second-order valence-electron chi connectivity index (χ2n) is 6.15. The van der Waals surface area contributed by atoms with Gasteiger partial charge in [-0.05, 0) is 29.3 Å². The minimum Gasteiger partial charge on any atom is -0.387 e. The zero-order valence-corrected chi connectivity index (χ0v) is 13.8. The Bertz CT molecular complexity index is 792. The molecule has 2 atom stereocenters. The molecule has 1 aliphatic heterocycles. The van der Waals surface area contributed by atoms with Crippen molar-refractivity contribution < 1.29 is 19.1 Å². The molecule has 130 valence electrons. The van der Waals surface area contributed by atoms with Crippen LogP contribution in [0.25, 0.3) is 0 Å². The van der Waals surface area contributed by atoms with Crippen molar-refractivity contribution in [3.05, 3.63) is 65.5 Å². The van der Waals surface area contributed by atoms with Crippen LogP contribution in [0.1, 0.15) is 30.1 Å². The number of para-hydroxylation sites is 1. The van der Waals surface area contributed by atoms with Gasteiger partial charge in [-0.15, -0.1) is 0 Å². The largest absolute Gasteiger partial charge is 0.387 e. The summed E-state index contributed by atoms with van der Waals surface area (Å²) in [6, 6.07) is 12.8. The van der Waals surface area contributed by atoms with Gasteiger partial charge in [-0.25, -0.2) is 4.39 Å². The van der Waals surface area contributed by atoms with Crippen LogP contribution >= 0.6 is 0 Å². The molecule has 1 aliphatic rings. The fourth-order valence-electron chi connectivity index (χ4n) is 3.00. The Morgan fingerprint density at radius 1 is 1.24 bits per heavy atom. The van der Waals surface area contributed by atoms with Gasteiger partial charge in [0.2, 0.25) is 0 Å². The van der Waals surface area contributed by atoms with E-state index in [9.17, 15) is 19.1 Å². The van der Waals surface area contributed by atoms with Crippen molar-refractivity contribution in [1.82, 2.24) is 5.32 Å². The number of rotatable bonds is 3. The number of halogens is 1. The summed E-state index contributed by atoms with van der Waals surface area (Å²) in [5, 5.41) is 12.5. The molecule has 25 heavy (non-hydrogen) atoms. The molecule has 3 rings (SSSR count). The number of nitrogens with one attached hydrogen (secondary N) is 1. The summed E-state index contributed by atoms with van der Waals surface area (Å²) in [6.07, 6.45) is -1.01. The molecule has 0 aliphatic carbocycles. The third kappa shape index (κ3) is 3.53. The van der Waals surface area contributed by atoms with E-state index in [1.807, 2.05) is 31.2 Å². The van der Waals surface area contributed by atoms with Gasteiger partial charge in [0.25, 0.3) is 0 Å². The van der Waals surface area contributed by atoms with Crippen LogP contribution < -0.4 is 10.2 Å². The SMILES string of the molecule is CC1CN(C(=O)C(=O)NCC(O)c2ccc(F)cc2)c2ccccc21. The molecule has 0 fully saturated rings. The van der Waals surface area contributed by atoms with Gasteiger partial charge < -0.3 is 15.3 Å². The molecule has 1 heterocycles. The van der Waals surface area contributed by atoms with Crippen molar-refractivity contribution in [1.29, 1.82) is 0 Å². The van der Waals surface area contributed by atoms with E-state index in [1.54, 1.807) is 0 Å². The first-order valence-electron chi connectivity index (χ1n) is 8.09. The van der Waals surface area contributed by atoms with E-state index in [-0.39, 0.29) is 12.5 Å². The van der Waals surface area contributed by atoms with E-state index in [0.717, 1.165) is 11.3 Å². The van der Waals surface area contributed by atoms with Crippen molar-refractivity contribution in [2.75, 3.05) is 18.0 Å². The van der Waals surface area contributed by atoms with Crippen molar-refractivity contribution >= 4 is 17.5 Å². The second-order valence-corrected chi connectivity index (χ2v) is 6.15. The predicted octanol–water partition coefficient (Wildman–Crippen LogP) is 2.13. The lowest BCUT2D eigenvalue weighted by Crippen LogP contribution is -2.43. The molecule has 0 bridgehead atoms. The molecule has 0 saturated heterocycles. The minimum absolute atomic E-state index is 0.124. The van der Waals surface area contributed by atoms with Gasteiger partial charge in [0, 0.05) is 24.7 Å². The lowest BCUT2D eigenvalue weighted by molar-refractivity contribution is -0.137. The van der Waals surface area contributed by atoms with Crippen LogP contribution in [0.4, 0.5) is 10.1 Å². The number of fused-ring (bicyclic) bond motifs is 1. The fraction of sp³-hybridized carbons (Fsp3) is 0.263. The maximum Gasteiger partial charge on any atom is 0.316 e.